The lowest BCUT2D eigenvalue weighted by atomic mass is 9.98. The average Bonchev–Trinajstić information content (AvgIpc) is 3.38. The number of anilines is 1. The number of carbonyl (C=O) groups excluding carboxylic acids is 1. The molecule has 1 aromatic carbocycles. The molecule has 1 atom stereocenters. The van der Waals surface area contributed by atoms with Crippen molar-refractivity contribution in [2.75, 3.05) is 11.9 Å². The van der Waals surface area contributed by atoms with Crippen LogP contribution in [0, 0.1) is 24.2 Å². The van der Waals surface area contributed by atoms with Gasteiger partial charge < -0.3 is 10.6 Å². The summed E-state index contributed by atoms with van der Waals surface area (Å²) in [7, 11) is 0. The number of benzene rings is 1. The lowest BCUT2D eigenvalue weighted by Crippen LogP contribution is -2.48. The van der Waals surface area contributed by atoms with E-state index >= 15 is 0 Å². The lowest BCUT2D eigenvalue weighted by molar-refractivity contribution is -0.120. The second-order valence-electron chi connectivity index (χ2n) is 6.38. The number of rotatable bonds is 6. The Bertz CT molecular complexity index is 772. The zero-order valence-electron chi connectivity index (χ0n) is 13.9. The summed E-state index contributed by atoms with van der Waals surface area (Å²) in [4.78, 5) is 12.2. The molecule has 6 nitrogen and oxygen atoms in total. The third-order valence-corrected chi connectivity index (χ3v) is 4.48. The molecule has 3 rings (SSSR count). The maximum Gasteiger partial charge on any atom is 0.240 e. The highest BCUT2D eigenvalue weighted by atomic mass is 16.2. The Kier molecular flexibility index (Phi) is 4.26. The maximum absolute atomic E-state index is 12.2. The van der Waals surface area contributed by atoms with Gasteiger partial charge in [-0.15, -0.1) is 0 Å². The Labute approximate surface area is 141 Å². The van der Waals surface area contributed by atoms with Crippen LogP contribution in [0.15, 0.2) is 36.5 Å². The summed E-state index contributed by atoms with van der Waals surface area (Å²) in [5.74, 6) is 0.0897. The van der Waals surface area contributed by atoms with E-state index in [9.17, 15) is 10.1 Å². The number of amides is 1. The van der Waals surface area contributed by atoms with E-state index in [1.807, 2.05) is 41.9 Å². The Balaban J connectivity index is 1.62. The van der Waals surface area contributed by atoms with Gasteiger partial charge >= 0.3 is 0 Å². The molecule has 6 heteroatoms. The molecule has 1 amide bonds. The molecule has 0 spiro atoms. The van der Waals surface area contributed by atoms with E-state index in [0.717, 1.165) is 29.9 Å². The number of nitrogens with zero attached hydrogens (tertiary/aromatic N) is 3. The largest absolute Gasteiger partial charge is 0.373 e. The van der Waals surface area contributed by atoms with Crippen LogP contribution in [0.25, 0.3) is 5.69 Å². The minimum absolute atomic E-state index is 0.116. The van der Waals surface area contributed by atoms with Crippen molar-refractivity contribution in [2.45, 2.75) is 32.2 Å². The molecule has 1 saturated carbocycles. The molecule has 0 radical (unpaired) electrons. The van der Waals surface area contributed by atoms with Crippen molar-refractivity contribution in [3.05, 3.63) is 42.2 Å². The zero-order chi connectivity index (χ0) is 17.2. The highest BCUT2D eigenvalue weighted by Gasteiger charge is 2.42. The summed E-state index contributed by atoms with van der Waals surface area (Å²) in [6, 6.07) is 12.1. The van der Waals surface area contributed by atoms with E-state index in [-0.39, 0.29) is 18.4 Å². The normalized spacial score (nSPS) is 16.0. The molecule has 1 fully saturated rings. The molecule has 2 N–H and O–H groups in total. The first kappa shape index (κ1) is 16.1. The fourth-order valence-corrected chi connectivity index (χ4v) is 2.80. The monoisotopic (exact) mass is 323 g/mol. The molecule has 2 aromatic rings. The summed E-state index contributed by atoms with van der Waals surface area (Å²) < 4.78 is 1.82. The van der Waals surface area contributed by atoms with Gasteiger partial charge in [-0.3, -0.25) is 4.79 Å². The van der Waals surface area contributed by atoms with Gasteiger partial charge in [-0.25, -0.2) is 4.68 Å². The molecule has 1 heterocycles. The van der Waals surface area contributed by atoms with Gasteiger partial charge in [0.05, 0.1) is 35.9 Å². The first-order chi connectivity index (χ1) is 11.5. The van der Waals surface area contributed by atoms with Crippen molar-refractivity contribution in [3.8, 4) is 11.8 Å². The predicted molar refractivity (Wildman–Crippen MR) is 91.7 cm³/mol. The number of hydrogen-bond donors (Lipinski definition) is 2. The topological polar surface area (TPSA) is 82.7 Å². The fourth-order valence-electron chi connectivity index (χ4n) is 2.80. The Morgan fingerprint density at radius 1 is 1.42 bits per heavy atom. The van der Waals surface area contributed by atoms with E-state index in [1.165, 1.54) is 0 Å². The number of hydrogen-bond acceptors (Lipinski definition) is 4. The van der Waals surface area contributed by atoms with Crippen LogP contribution in [-0.2, 0) is 4.79 Å². The van der Waals surface area contributed by atoms with Gasteiger partial charge in [0.1, 0.15) is 5.54 Å². The van der Waals surface area contributed by atoms with Gasteiger partial charge in [-0.2, -0.15) is 10.4 Å². The van der Waals surface area contributed by atoms with Crippen molar-refractivity contribution in [3.63, 3.8) is 0 Å². The molecule has 1 aliphatic carbocycles. The van der Waals surface area contributed by atoms with E-state index in [0.29, 0.717) is 0 Å². The third kappa shape index (κ3) is 3.25. The molecule has 0 unspecified atom stereocenters. The third-order valence-electron chi connectivity index (χ3n) is 4.48. The number of nitriles is 1. The van der Waals surface area contributed by atoms with Gasteiger partial charge in [0.15, 0.2) is 0 Å². The summed E-state index contributed by atoms with van der Waals surface area (Å²) in [5, 5.41) is 19.6. The van der Waals surface area contributed by atoms with E-state index in [1.54, 1.807) is 13.1 Å². The quantitative estimate of drug-likeness (QED) is 0.855. The molecular weight excluding hydrogens is 302 g/mol. The van der Waals surface area contributed by atoms with Crippen LogP contribution in [-0.4, -0.2) is 27.8 Å². The Morgan fingerprint density at radius 3 is 2.75 bits per heavy atom. The van der Waals surface area contributed by atoms with Crippen molar-refractivity contribution >= 4 is 11.6 Å². The molecule has 124 valence electrons. The standard InChI is InChI=1S/C18H21N5O/c1-13-16(10-21-23(13)15-6-4-3-5-7-15)20-11-17(24)22-18(2,12-19)14-8-9-14/h3-7,10,14,20H,8-9,11H2,1-2H3,(H,22,24)/t18-/m1/s1. The predicted octanol–water partition coefficient (Wildman–Crippen LogP) is 2.40. The molecule has 0 bridgehead atoms. The second-order valence-corrected chi connectivity index (χ2v) is 6.38. The smallest absolute Gasteiger partial charge is 0.240 e. The number of nitrogens with one attached hydrogen (secondary N) is 2. The van der Waals surface area contributed by atoms with Gasteiger partial charge in [0.2, 0.25) is 5.91 Å². The lowest BCUT2D eigenvalue weighted by Gasteiger charge is -2.23. The molecule has 1 aromatic heterocycles. The summed E-state index contributed by atoms with van der Waals surface area (Å²) in [6.45, 7) is 3.86. The van der Waals surface area contributed by atoms with Crippen LogP contribution in [0.1, 0.15) is 25.5 Å². The van der Waals surface area contributed by atoms with Crippen LogP contribution >= 0.6 is 0 Å². The molecular formula is C18H21N5O. The maximum atomic E-state index is 12.2. The Hall–Kier alpha value is -2.81. The van der Waals surface area contributed by atoms with Crippen LogP contribution < -0.4 is 10.6 Å². The van der Waals surface area contributed by atoms with Gasteiger partial charge in [-0.05, 0) is 44.7 Å². The van der Waals surface area contributed by atoms with E-state index in [2.05, 4.69) is 21.8 Å². The molecule has 0 aliphatic heterocycles. The van der Waals surface area contributed by atoms with Crippen LogP contribution in [0.3, 0.4) is 0 Å². The van der Waals surface area contributed by atoms with Crippen molar-refractivity contribution in [1.82, 2.24) is 15.1 Å². The molecule has 0 saturated heterocycles. The average molecular weight is 323 g/mol. The van der Waals surface area contributed by atoms with E-state index in [4.69, 9.17) is 0 Å². The number of para-hydroxylation sites is 1. The second kappa shape index (κ2) is 6.36. The van der Waals surface area contributed by atoms with Crippen molar-refractivity contribution in [2.24, 2.45) is 5.92 Å². The van der Waals surface area contributed by atoms with Crippen LogP contribution in [0.5, 0.6) is 0 Å². The summed E-state index contributed by atoms with van der Waals surface area (Å²) >= 11 is 0. The summed E-state index contributed by atoms with van der Waals surface area (Å²) in [5.41, 5.74) is 1.94. The van der Waals surface area contributed by atoms with Gasteiger partial charge in [-0.1, -0.05) is 18.2 Å². The van der Waals surface area contributed by atoms with Crippen molar-refractivity contribution < 1.29 is 4.79 Å². The van der Waals surface area contributed by atoms with Crippen LogP contribution in [0.4, 0.5) is 5.69 Å². The van der Waals surface area contributed by atoms with E-state index < -0.39 is 5.54 Å². The highest BCUT2D eigenvalue weighted by Crippen LogP contribution is 2.39. The Morgan fingerprint density at radius 2 is 2.12 bits per heavy atom. The SMILES string of the molecule is Cc1c(NCC(=O)N[C@](C)(C#N)C2CC2)cnn1-c1ccccc1. The van der Waals surface area contributed by atoms with Crippen LogP contribution in [0.2, 0.25) is 0 Å². The fraction of sp³-hybridized carbons (Fsp3) is 0.389. The number of aromatic nitrogens is 2. The first-order valence-corrected chi connectivity index (χ1v) is 8.09. The van der Waals surface area contributed by atoms with Crippen molar-refractivity contribution in [1.29, 1.82) is 5.26 Å². The highest BCUT2D eigenvalue weighted by molar-refractivity contribution is 5.82. The van der Waals surface area contributed by atoms with Gasteiger partial charge in [0, 0.05) is 0 Å². The molecule has 24 heavy (non-hydrogen) atoms. The first-order valence-electron chi connectivity index (χ1n) is 8.09. The van der Waals surface area contributed by atoms with Gasteiger partial charge in [0.25, 0.3) is 0 Å². The minimum atomic E-state index is -0.762. The summed E-state index contributed by atoms with van der Waals surface area (Å²) in [6.07, 6.45) is 3.71. The number of carbonyl (C=O) groups is 1. The molecule has 1 aliphatic rings. The minimum Gasteiger partial charge on any atom is -0.373 e. The zero-order valence-corrected chi connectivity index (χ0v) is 13.9.